The second-order valence-electron chi connectivity index (χ2n) is 4.01. The standard InChI is InChI=1S/C8H13NO4S2/c1-15(12,13)9-6(8(10)11)4-14-7(9)5-2-3-5/h5-7H,2-4H2,1H3,(H,10,11). The smallest absolute Gasteiger partial charge is 0.322 e. The Morgan fingerprint density at radius 1 is 1.47 bits per heavy atom. The molecule has 1 N–H and O–H groups in total. The zero-order valence-corrected chi connectivity index (χ0v) is 9.92. The van der Waals surface area contributed by atoms with E-state index in [9.17, 15) is 13.2 Å². The fraction of sp³-hybridized carbons (Fsp3) is 0.875. The van der Waals surface area contributed by atoms with Gasteiger partial charge in [0.2, 0.25) is 10.0 Å². The molecule has 1 aliphatic carbocycles. The minimum absolute atomic E-state index is 0.152. The average Bonchev–Trinajstić information content (AvgIpc) is 2.81. The molecule has 2 unspecified atom stereocenters. The molecule has 86 valence electrons. The summed E-state index contributed by atoms with van der Waals surface area (Å²) >= 11 is 1.45. The molecule has 0 bridgehead atoms. The molecule has 5 nitrogen and oxygen atoms in total. The fourth-order valence-electron chi connectivity index (χ4n) is 1.84. The Morgan fingerprint density at radius 3 is 2.47 bits per heavy atom. The van der Waals surface area contributed by atoms with Crippen molar-refractivity contribution in [3.63, 3.8) is 0 Å². The van der Waals surface area contributed by atoms with Gasteiger partial charge in [-0.1, -0.05) is 0 Å². The van der Waals surface area contributed by atoms with Gasteiger partial charge in [0.05, 0.1) is 11.6 Å². The quantitative estimate of drug-likeness (QED) is 0.774. The van der Waals surface area contributed by atoms with Crippen molar-refractivity contribution in [2.45, 2.75) is 24.3 Å². The topological polar surface area (TPSA) is 74.7 Å². The highest BCUT2D eigenvalue weighted by Gasteiger charge is 2.49. The van der Waals surface area contributed by atoms with E-state index in [1.165, 1.54) is 16.1 Å². The largest absolute Gasteiger partial charge is 0.480 e. The molecule has 7 heteroatoms. The molecule has 1 saturated heterocycles. The number of carbonyl (C=O) groups is 1. The number of carboxylic acids is 1. The van der Waals surface area contributed by atoms with Crippen molar-refractivity contribution < 1.29 is 18.3 Å². The first-order valence-corrected chi connectivity index (χ1v) is 7.64. The number of hydrogen-bond donors (Lipinski definition) is 1. The predicted octanol–water partition coefficient (Wildman–Crippen LogP) is 0.184. The maximum atomic E-state index is 11.5. The summed E-state index contributed by atoms with van der Waals surface area (Å²) in [5.74, 6) is -0.325. The van der Waals surface area contributed by atoms with Crippen molar-refractivity contribution >= 4 is 27.8 Å². The third-order valence-corrected chi connectivity index (χ3v) is 5.52. The lowest BCUT2D eigenvalue weighted by molar-refractivity contribution is -0.140. The van der Waals surface area contributed by atoms with E-state index in [-0.39, 0.29) is 5.37 Å². The van der Waals surface area contributed by atoms with Crippen LogP contribution in [0.5, 0.6) is 0 Å². The van der Waals surface area contributed by atoms with Crippen LogP contribution in [0.4, 0.5) is 0 Å². The summed E-state index contributed by atoms with van der Waals surface area (Å²) < 4.78 is 24.3. The lowest BCUT2D eigenvalue weighted by Crippen LogP contribution is -2.45. The predicted molar refractivity (Wildman–Crippen MR) is 57.1 cm³/mol. The van der Waals surface area contributed by atoms with Gasteiger partial charge in [-0.3, -0.25) is 4.79 Å². The van der Waals surface area contributed by atoms with Crippen LogP contribution in [-0.2, 0) is 14.8 Å². The van der Waals surface area contributed by atoms with E-state index in [1.54, 1.807) is 0 Å². The number of hydrogen-bond acceptors (Lipinski definition) is 4. The molecule has 0 amide bonds. The van der Waals surface area contributed by atoms with E-state index < -0.39 is 22.0 Å². The Bertz CT molecular complexity index is 376. The highest BCUT2D eigenvalue weighted by Crippen LogP contribution is 2.46. The van der Waals surface area contributed by atoms with Crippen molar-refractivity contribution in [2.24, 2.45) is 5.92 Å². The Kier molecular flexibility index (Phi) is 2.72. The summed E-state index contributed by atoms with van der Waals surface area (Å²) in [7, 11) is -3.42. The molecular weight excluding hydrogens is 238 g/mol. The monoisotopic (exact) mass is 251 g/mol. The lowest BCUT2D eigenvalue weighted by atomic mass is 10.3. The molecule has 1 aliphatic heterocycles. The molecule has 1 heterocycles. The van der Waals surface area contributed by atoms with Gasteiger partial charge >= 0.3 is 5.97 Å². The van der Waals surface area contributed by atoms with E-state index in [1.807, 2.05) is 0 Å². The van der Waals surface area contributed by atoms with E-state index in [4.69, 9.17) is 5.11 Å². The summed E-state index contributed by atoms with van der Waals surface area (Å²) in [4.78, 5) is 10.9. The van der Waals surface area contributed by atoms with Gasteiger partial charge in [0, 0.05) is 5.75 Å². The second kappa shape index (κ2) is 3.64. The minimum Gasteiger partial charge on any atom is -0.480 e. The lowest BCUT2D eigenvalue weighted by Gasteiger charge is -2.24. The van der Waals surface area contributed by atoms with Crippen LogP contribution in [-0.4, -0.2) is 47.2 Å². The van der Waals surface area contributed by atoms with Crippen LogP contribution in [0.15, 0.2) is 0 Å². The van der Waals surface area contributed by atoms with Crippen LogP contribution < -0.4 is 0 Å². The van der Waals surface area contributed by atoms with Crippen molar-refractivity contribution in [2.75, 3.05) is 12.0 Å². The molecule has 2 rings (SSSR count). The Balaban J connectivity index is 2.26. The van der Waals surface area contributed by atoms with Crippen molar-refractivity contribution in [3.05, 3.63) is 0 Å². The van der Waals surface area contributed by atoms with E-state index in [2.05, 4.69) is 0 Å². The molecule has 0 aromatic carbocycles. The summed E-state index contributed by atoms with van der Waals surface area (Å²) in [6.07, 6.45) is 3.11. The third-order valence-electron chi connectivity index (χ3n) is 2.68. The molecule has 2 fully saturated rings. The van der Waals surface area contributed by atoms with Crippen LogP contribution in [0.1, 0.15) is 12.8 Å². The normalized spacial score (nSPS) is 33.1. The van der Waals surface area contributed by atoms with Gasteiger partial charge in [-0.05, 0) is 18.8 Å². The van der Waals surface area contributed by atoms with Crippen LogP contribution >= 0.6 is 11.8 Å². The van der Waals surface area contributed by atoms with Gasteiger partial charge in [0.15, 0.2) is 0 Å². The van der Waals surface area contributed by atoms with Crippen LogP contribution in [0.3, 0.4) is 0 Å². The van der Waals surface area contributed by atoms with Gasteiger partial charge in [0.1, 0.15) is 6.04 Å². The Labute approximate surface area is 92.9 Å². The molecule has 0 aromatic rings. The first-order chi connectivity index (χ1) is 6.91. The van der Waals surface area contributed by atoms with E-state index >= 15 is 0 Å². The second-order valence-corrected chi connectivity index (χ2v) is 7.05. The molecule has 0 aromatic heterocycles. The molecule has 2 atom stereocenters. The van der Waals surface area contributed by atoms with Gasteiger partial charge in [0.25, 0.3) is 0 Å². The SMILES string of the molecule is CS(=O)(=O)N1C(C(=O)O)CSC1C1CC1. The summed E-state index contributed by atoms with van der Waals surface area (Å²) in [5.41, 5.74) is 0. The van der Waals surface area contributed by atoms with Crippen molar-refractivity contribution in [1.29, 1.82) is 0 Å². The third kappa shape index (κ3) is 2.14. The summed E-state index contributed by atoms with van der Waals surface area (Å²) in [5, 5.41) is 8.80. The van der Waals surface area contributed by atoms with Gasteiger partial charge in [-0.2, -0.15) is 4.31 Å². The van der Waals surface area contributed by atoms with Gasteiger partial charge in [-0.25, -0.2) is 8.42 Å². The summed E-state index contributed by atoms with van der Waals surface area (Å²) in [6, 6.07) is -0.879. The zero-order valence-electron chi connectivity index (χ0n) is 8.29. The highest BCUT2D eigenvalue weighted by molar-refractivity contribution is 8.01. The van der Waals surface area contributed by atoms with Crippen molar-refractivity contribution in [1.82, 2.24) is 4.31 Å². The van der Waals surface area contributed by atoms with Crippen LogP contribution in [0.2, 0.25) is 0 Å². The highest BCUT2D eigenvalue weighted by atomic mass is 32.2. The molecule has 0 spiro atoms. The fourth-order valence-corrected chi connectivity index (χ4v) is 5.28. The minimum atomic E-state index is -3.42. The maximum Gasteiger partial charge on any atom is 0.322 e. The van der Waals surface area contributed by atoms with Crippen LogP contribution in [0.25, 0.3) is 0 Å². The number of sulfonamides is 1. The molecular formula is C8H13NO4S2. The number of carboxylic acid groups (broad SMARTS) is 1. The number of nitrogens with zero attached hydrogens (tertiary/aromatic N) is 1. The summed E-state index contributed by atoms with van der Waals surface area (Å²) in [6.45, 7) is 0. The number of aliphatic carboxylic acids is 1. The first-order valence-electron chi connectivity index (χ1n) is 4.74. The molecule has 1 saturated carbocycles. The van der Waals surface area contributed by atoms with Crippen molar-refractivity contribution in [3.8, 4) is 0 Å². The first kappa shape index (κ1) is 11.2. The molecule has 15 heavy (non-hydrogen) atoms. The molecule has 0 radical (unpaired) electrons. The number of rotatable bonds is 3. The van der Waals surface area contributed by atoms with E-state index in [0.29, 0.717) is 11.7 Å². The maximum absolute atomic E-state index is 11.5. The molecule has 2 aliphatic rings. The van der Waals surface area contributed by atoms with E-state index in [0.717, 1.165) is 19.1 Å². The zero-order chi connectivity index (χ0) is 11.2. The number of thioether (sulfide) groups is 1. The Hall–Kier alpha value is -0.270. The van der Waals surface area contributed by atoms with Crippen LogP contribution in [0, 0.1) is 5.92 Å². The Morgan fingerprint density at radius 2 is 2.07 bits per heavy atom. The average molecular weight is 251 g/mol. The van der Waals surface area contributed by atoms with Gasteiger partial charge < -0.3 is 5.11 Å². The van der Waals surface area contributed by atoms with Gasteiger partial charge in [-0.15, -0.1) is 11.8 Å².